The number of ether oxygens (including phenoxy) is 1. The summed E-state index contributed by atoms with van der Waals surface area (Å²) in [5.74, 6) is -0.388. The number of hydrogen-bond acceptors (Lipinski definition) is 5. The number of methoxy groups -OCH3 is 1. The maximum absolute atomic E-state index is 13.4. The first-order valence-corrected chi connectivity index (χ1v) is 13.3. The van der Waals surface area contributed by atoms with Crippen LogP contribution in [-0.2, 0) is 33.4 Å². The minimum atomic E-state index is -3.72. The fourth-order valence-corrected chi connectivity index (χ4v) is 5.80. The third-order valence-electron chi connectivity index (χ3n) is 5.64. The molecule has 0 aliphatic heterocycles. The van der Waals surface area contributed by atoms with Crippen molar-refractivity contribution >= 4 is 38.9 Å². The summed E-state index contributed by atoms with van der Waals surface area (Å²) in [7, 11) is -2.17. The van der Waals surface area contributed by atoms with E-state index in [1.165, 1.54) is 6.20 Å². The van der Waals surface area contributed by atoms with Crippen LogP contribution < -0.4 is 0 Å². The third kappa shape index (κ3) is 5.63. The standard InChI is InChI=1S/C24H25Cl2N3O4S/c1-33-12-11-28-20(14-27-24(28)34(31,32)16-17-5-3-2-4-6-17)15-29(19-8-9-19)23(30)21-10-7-18(25)13-22(21)26/h2-7,10,13-14,19H,8-9,11-12,15-16H2,1H3. The monoisotopic (exact) mass is 521 g/mol. The molecule has 0 saturated heterocycles. The first-order valence-electron chi connectivity index (χ1n) is 10.9. The molecule has 34 heavy (non-hydrogen) atoms. The molecule has 2 aromatic carbocycles. The van der Waals surface area contributed by atoms with E-state index in [1.54, 1.807) is 59.0 Å². The molecule has 0 unspecified atom stereocenters. The van der Waals surface area contributed by atoms with E-state index in [2.05, 4.69) is 4.98 Å². The summed E-state index contributed by atoms with van der Waals surface area (Å²) in [5.41, 5.74) is 1.66. The quantitative estimate of drug-likeness (QED) is 0.388. The molecular weight excluding hydrogens is 497 g/mol. The molecule has 1 amide bonds. The number of nitrogens with zero attached hydrogens (tertiary/aromatic N) is 3. The number of rotatable bonds is 10. The van der Waals surface area contributed by atoms with Crippen LogP contribution >= 0.6 is 23.2 Å². The van der Waals surface area contributed by atoms with Crippen LogP contribution in [0, 0.1) is 0 Å². The highest BCUT2D eigenvalue weighted by Crippen LogP contribution is 2.32. The van der Waals surface area contributed by atoms with Crippen LogP contribution in [0.3, 0.4) is 0 Å². The van der Waals surface area contributed by atoms with Crippen molar-refractivity contribution < 1.29 is 17.9 Å². The van der Waals surface area contributed by atoms with Gasteiger partial charge in [-0.1, -0.05) is 53.5 Å². The zero-order valence-corrected chi connectivity index (χ0v) is 21.0. The SMILES string of the molecule is COCCn1c(CN(C(=O)c2ccc(Cl)cc2Cl)C2CC2)cnc1S(=O)(=O)Cc1ccccc1. The normalized spacial score (nSPS) is 13.7. The molecule has 1 aromatic heterocycles. The Balaban J connectivity index is 1.65. The fraction of sp³-hybridized carbons (Fsp3) is 0.333. The Bertz CT molecular complexity index is 1270. The van der Waals surface area contributed by atoms with Crippen molar-refractivity contribution in [1.29, 1.82) is 0 Å². The third-order valence-corrected chi connectivity index (χ3v) is 7.78. The number of halogens is 2. The smallest absolute Gasteiger partial charge is 0.255 e. The van der Waals surface area contributed by atoms with E-state index in [0.717, 1.165) is 12.8 Å². The van der Waals surface area contributed by atoms with Gasteiger partial charge in [0.2, 0.25) is 15.0 Å². The molecule has 1 aliphatic carbocycles. The van der Waals surface area contributed by atoms with Gasteiger partial charge in [0.25, 0.3) is 5.91 Å². The number of benzene rings is 2. The molecule has 10 heteroatoms. The molecule has 0 bridgehead atoms. The summed E-state index contributed by atoms with van der Waals surface area (Å²) >= 11 is 12.3. The Hall–Kier alpha value is -2.39. The number of imidazole rings is 1. The van der Waals surface area contributed by atoms with Crippen molar-refractivity contribution in [3.8, 4) is 0 Å². The van der Waals surface area contributed by atoms with Gasteiger partial charge in [-0.05, 0) is 36.6 Å². The maximum Gasteiger partial charge on any atom is 0.255 e. The van der Waals surface area contributed by atoms with Crippen LogP contribution in [0.2, 0.25) is 10.0 Å². The Morgan fingerprint density at radius 2 is 1.91 bits per heavy atom. The van der Waals surface area contributed by atoms with Crippen LogP contribution in [0.15, 0.2) is 59.9 Å². The van der Waals surface area contributed by atoms with E-state index < -0.39 is 9.84 Å². The average Bonchev–Trinajstić information content (AvgIpc) is 3.55. The highest BCUT2D eigenvalue weighted by atomic mass is 35.5. The molecule has 0 spiro atoms. The predicted octanol–water partition coefficient (Wildman–Crippen LogP) is 4.62. The number of sulfone groups is 1. The second-order valence-electron chi connectivity index (χ2n) is 8.21. The first kappa shape index (κ1) is 24.7. The van der Waals surface area contributed by atoms with Gasteiger partial charge in [0.1, 0.15) is 0 Å². The molecule has 0 atom stereocenters. The predicted molar refractivity (Wildman–Crippen MR) is 131 cm³/mol. The van der Waals surface area contributed by atoms with E-state index in [-0.39, 0.29) is 34.4 Å². The Morgan fingerprint density at radius 1 is 1.18 bits per heavy atom. The van der Waals surface area contributed by atoms with Crippen LogP contribution in [0.5, 0.6) is 0 Å². The highest BCUT2D eigenvalue weighted by molar-refractivity contribution is 7.90. The van der Waals surface area contributed by atoms with Crippen molar-refractivity contribution in [3.05, 3.63) is 81.6 Å². The van der Waals surface area contributed by atoms with Gasteiger partial charge in [0, 0.05) is 24.7 Å². The molecule has 180 valence electrons. The Labute approximate surface area is 209 Å². The molecule has 1 saturated carbocycles. The van der Waals surface area contributed by atoms with Gasteiger partial charge in [-0.3, -0.25) is 4.79 Å². The Morgan fingerprint density at radius 3 is 2.56 bits per heavy atom. The molecule has 4 rings (SSSR count). The molecule has 1 aliphatic rings. The van der Waals surface area contributed by atoms with Gasteiger partial charge in [-0.2, -0.15) is 0 Å². The lowest BCUT2D eigenvalue weighted by molar-refractivity contribution is 0.0724. The summed E-state index contributed by atoms with van der Waals surface area (Å²) in [6, 6.07) is 13.8. The molecule has 0 radical (unpaired) electrons. The fourth-order valence-electron chi connectivity index (χ4n) is 3.79. The van der Waals surface area contributed by atoms with Gasteiger partial charge < -0.3 is 14.2 Å². The van der Waals surface area contributed by atoms with Gasteiger partial charge in [-0.25, -0.2) is 13.4 Å². The summed E-state index contributed by atoms with van der Waals surface area (Å²) < 4.78 is 33.3. The van der Waals surface area contributed by atoms with Gasteiger partial charge in [-0.15, -0.1) is 0 Å². The van der Waals surface area contributed by atoms with Gasteiger partial charge in [0.15, 0.2) is 0 Å². The lowest BCUT2D eigenvalue weighted by atomic mass is 10.2. The lowest BCUT2D eigenvalue weighted by Crippen LogP contribution is -2.34. The number of amides is 1. The summed E-state index contributed by atoms with van der Waals surface area (Å²) in [6.45, 7) is 0.807. The number of hydrogen-bond donors (Lipinski definition) is 0. The zero-order valence-electron chi connectivity index (χ0n) is 18.7. The van der Waals surface area contributed by atoms with Gasteiger partial charge in [0.05, 0.1) is 41.4 Å². The van der Waals surface area contributed by atoms with Crippen molar-refractivity contribution in [1.82, 2.24) is 14.5 Å². The minimum absolute atomic E-state index is 0.0314. The molecule has 7 nitrogen and oxygen atoms in total. The topological polar surface area (TPSA) is 81.5 Å². The van der Waals surface area contributed by atoms with Crippen molar-refractivity contribution in [2.45, 2.75) is 42.9 Å². The van der Waals surface area contributed by atoms with E-state index in [4.69, 9.17) is 27.9 Å². The highest BCUT2D eigenvalue weighted by Gasteiger charge is 2.35. The second-order valence-corrected chi connectivity index (χ2v) is 10.9. The number of carbonyl (C=O) groups excluding carboxylic acids is 1. The molecule has 1 heterocycles. The van der Waals surface area contributed by atoms with Crippen LogP contribution in [0.25, 0.3) is 0 Å². The second kappa shape index (κ2) is 10.5. The molecular formula is C24H25Cl2N3O4S. The van der Waals surface area contributed by atoms with E-state index in [1.807, 2.05) is 6.07 Å². The van der Waals surface area contributed by atoms with E-state index in [0.29, 0.717) is 35.0 Å². The summed E-state index contributed by atoms with van der Waals surface area (Å²) in [5, 5.41) is 0.698. The number of carbonyl (C=O) groups is 1. The molecule has 0 N–H and O–H groups in total. The maximum atomic E-state index is 13.4. The van der Waals surface area contributed by atoms with E-state index >= 15 is 0 Å². The minimum Gasteiger partial charge on any atom is -0.383 e. The van der Waals surface area contributed by atoms with E-state index in [9.17, 15) is 13.2 Å². The zero-order chi connectivity index (χ0) is 24.3. The largest absolute Gasteiger partial charge is 0.383 e. The van der Waals surface area contributed by atoms with Gasteiger partial charge >= 0.3 is 0 Å². The van der Waals surface area contributed by atoms with Crippen molar-refractivity contribution in [2.24, 2.45) is 0 Å². The number of aromatic nitrogens is 2. The molecule has 3 aromatic rings. The van der Waals surface area contributed by atoms with Crippen LogP contribution in [-0.4, -0.2) is 48.5 Å². The summed E-state index contributed by atoms with van der Waals surface area (Å²) in [6.07, 6.45) is 3.28. The average molecular weight is 522 g/mol. The Kier molecular flexibility index (Phi) is 7.62. The molecule has 1 fully saturated rings. The summed E-state index contributed by atoms with van der Waals surface area (Å²) in [4.78, 5) is 19.4. The van der Waals surface area contributed by atoms with Crippen LogP contribution in [0.1, 0.15) is 34.5 Å². The van der Waals surface area contributed by atoms with Crippen LogP contribution in [0.4, 0.5) is 0 Å². The van der Waals surface area contributed by atoms with Crippen molar-refractivity contribution in [2.75, 3.05) is 13.7 Å². The van der Waals surface area contributed by atoms with Crippen molar-refractivity contribution in [3.63, 3.8) is 0 Å². The lowest BCUT2D eigenvalue weighted by Gasteiger charge is -2.24. The first-order chi connectivity index (χ1) is 16.3.